The number of nitrogens with one attached hydrogen (secondary N) is 1. The number of para-hydroxylation sites is 1. The maximum Gasteiger partial charge on any atom is 0.272 e. The fourth-order valence-corrected chi connectivity index (χ4v) is 1.02. The molecule has 59 valence electrons. The van der Waals surface area contributed by atoms with Crippen LogP contribution in [-0.2, 0) is 0 Å². The Morgan fingerprint density at radius 3 is 2.58 bits per heavy atom. The molecule has 3 heteroatoms. The molecule has 0 aliphatic carbocycles. The van der Waals surface area contributed by atoms with Crippen molar-refractivity contribution in [1.82, 2.24) is 9.78 Å². The molecule has 2 aromatic rings. The molecular weight excluding hydrogens is 152 g/mol. The van der Waals surface area contributed by atoms with Gasteiger partial charge >= 0.3 is 0 Å². The van der Waals surface area contributed by atoms with Gasteiger partial charge in [-0.1, -0.05) is 18.2 Å². The second-order valence-corrected chi connectivity index (χ2v) is 2.42. The van der Waals surface area contributed by atoms with Crippen LogP contribution in [-0.4, -0.2) is 9.78 Å². The van der Waals surface area contributed by atoms with Crippen molar-refractivity contribution in [1.29, 1.82) is 0 Å². The highest BCUT2D eigenvalue weighted by molar-refractivity contribution is 5.29. The van der Waals surface area contributed by atoms with E-state index >= 15 is 0 Å². The monoisotopic (exact) mass is 159 g/mol. The first-order valence-corrected chi connectivity index (χ1v) is 3.61. The van der Waals surface area contributed by atoms with Gasteiger partial charge in [0.25, 0.3) is 5.56 Å². The molecule has 12 heavy (non-hydrogen) atoms. The highest BCUT2D eigenvalue weighted by Crippen LogP contribution is 2.01. The van der Waals surface area contributed by atoms with Gasteiger partial charge in [-0.2, -0.15) is 0 Å². The van der Waals surface area contributed by atoms with Crippen molar-refractivity contribution in [3.8, 4) is 5.69 Å². The molecule has 0 saturated carbocycles. The Morgan fingerprint density at radius 2 is 2.00 bits per heavy atom. The summed E-state index contributed by atoms with van der Waals surface area (Å²) in [5.74, 6) is 0. The lowest BCUT2D eigenvalue weighted by Gasteiger charge is -1.99. The third-order valence-corrected chi connectivity index (χ3v) is 1.58. The van der Waals surface area contributed by atoms with Crippen molar-refractivity contribution in [3.63, 3.8) is 0 Å². The summed E-state index contributed by atoms with van der Waals surface area (Å²) in [5, 5.41) is 2.60. The molecule has 1 N–H and O–H groups in total. The zero-order chi connectivity index (χ0) is 8.39. The van der Waals surface area contributed by atoms with Gasteiger partial charge in [0.2, 0.25) is 0 Å². The Balaban J connectivity index is 2.51. The molecule has 0 fully saturated rings. The second-order valence-electron chi connectivity index (χ2n) is 2.42. The van der Waals surface area contributed by atoms with Gasteiger partial charge in [-0.15, -0.1) is 0 Å². The molecule has 0 saturated heterocycles. The van der Waals surface area contributed by atoms with E-state index in [1.807, 2.05) is 30.3 Å². The average molecular weight is 159 g/mol. The van der Waals surface area contributed by atoms with E-state index in [1.165, 1.54) is 0 Å². The van der Waals surface area contributed by atoms with Crippen molar-refractivity contribution in [2.75, 3.05) is 0 Å². The maximum atomic E-state index is 10.7. The van der Waals surface area contributed by atoms with E-state index in [-0.39, 0.29) is 5.56 Å². The molecule has 1 heterocycles. The van der Waals surface area contributed by atoms with E-state index in [9.17, 15) is 4.79 Å². The molecule has 3 nitrogen and oxygen atoms in total. The molecule has 0 bridgehead atoms. The minimum atomic E-state index is -0.209. The Hall–Kier alpha value is -1.77. The van der Waals surface area contributed by atoms with E-state index in [0.29, 0.717) is 0 Å². The zero-order valence-corrected chi connectivity index (χ0v) is 6.32. The van der Waals surface area contributed by atoms with Gasteiger partial charge < -0.3 is 0 Å². The standard InChI is InChI=1S/C9H7N2O/c12-9-6-7-11(10-9)8-4-2-1-3-5-8/h1-5,7H,(H,10,12). The zero-order valence-electron chi connectivity index (χ0n) is 6.32. The minimum absolute atomic E-state index is 0.209. The van der Waals surface area contributed by atoms with E-state index in [1.54, 1.807) is 10.9 Å². The first kappa shape index (κ1) is 6.91. The normalized spacial score (nSPS) is 10.0. The van der Waals surface area contributed by atoms with Crippen molar-refractivity contribution in [2.45, 2.75) is 0 Å². The number of rotatable bonds is 1. The summed E-state index contributed by atoms with van der Waals surface area (Å²) < 4.78 is 1.63. The number of H-pyrrole nitrogens is 1. The highest BCUT2D eigenvalue weighted by atomic mass is 16.1. The Labute approximate surface area is 69.3 Å². The molecule has 0 spiro atoms. The molecule has 0 aliphatic rings. The number of hydrogen-bond donors (Lipinski definition) is 1. The highest BCUT2D eigenvalue weighted by Gasteiger charge is 1.93. The molecule has 1 radical (unpaired) electrons. The summed E-state index contributed by atoms with van der Waals surface area (Å²) >= 11 is 0. The fourth-order valence-electron chi connectivity index (χ4n) is 1.02. The van der Waals surface area contributed by atoms with Crippen LogP contribution in [0.1, 0.15) is 0 Å². The number of benzene rings is 1. The number of aromatic nitrogens is 2. The van der Waals surface area contributed by atoms with Crippen molar-refractivity contribution >= 4 is 0 Å². The first-order valence-electron chi connectivity index (χ1n) is 3.61. The summed E-state index contributed by atoms with van der Waals surface area (Å²) in [6.45, 7) is 0. The van der Waals surface area contributed by atoms with Crippen molar-refractivity contribution in [2.24, 2.45) is 0 Å². The van der Waals surface area contributed by atoms with Crippen LogP contribution in [0.15, 0.2) is 41.3 Å². The average Bonchev–Trinajstić information content (AvgIpc) is 2.54. The lowest BCUT2D eigenvalue weighted by Crippen LogP contribution is -2.02. The predicted octanol–water partition coefficient (Wildman–Crippen LogP) is 0.966. The van der Waals surface area contributed by atoms with E-state index in [4.69, 9.17) is 0 Å². The van der Waals surface area contributed by atoms with Crippen LogP contribution in [0, 0.1) is 6.07 Å². The molecule has 1 aromatic carbocycles. The lowest BCUT2D eigenvalue weighted by molar-refractivity contribution is 0.864. The van der Waals surface area contributed by atoms with Crippen LogP contribution in [0.3, 0.4) is 0 Å². The predicted molar refractivity (Wildman–Crippen MR) is 45.2 cm³/mol. The first-order chi connectivity index (χ1) is 5.86. The van der Waals surface area contributed by atoms with Crippen molar-refractivity contribution < 1.29 is 0 Å². The third-order valence-electron chi connectivity index (χ3n) is 1.58. The van der Waals surface area contributed by atoms with Gasteiger partial charge in [-0.05, 0) is 12.1 Å². The van der Waals surface area contributed by atoms with Crippen LogP contribution in [0.5, 0.6) is 0 Å². The lowest BCUT2D eigenvalue weighted by atomic mass is 10.3. The largest absolute Gasteiger partial charge is 0.272 e. The third kappa shape index (κ3) is 1.16. The summed E-state index contributed by atoms with van der Waals surface area (Å²) in [6.07, 6.45) is 1.58. The molecule has 1 aromatic heterocycles. The SMILES string of the molecule is O=c1[c]cn(-c2ccccc2)[nH]1. The van der Waals surface area contributed by atoms with E-state index < -0.39 is 0 Å². The van der Waals surface area contributed by atoms with Gasteiger partial charge in [-0.25, -0.2) is 0 Å². The topological polar surface area (TPSA) is 37.8 Å². The number of aromatic amines is 1. The molecule has 2 rings (SSSR count). The van der Waals surface area contributed by atoms with Gasteiger partial charge in [-0.3, -0.25) is 14.6 Å². The smallest absolute Gasteiger partial charge is 0.267 e. The number of hydrogen-bond acceptors (Lipinski definition) is 1. The number of nitrogens with zero attached hydrogens (tertiary/aromatic N) is 1. The van der Waals surface area contributed by atoms with Gasteiger partial charge in [0.05, 0.1) is 11.8 Å². The second kappa shape index (κ2) is 2.70. The summed E-state index contributed by atoms with van der Waals surface area (Å²) in [4.78, 5) is 10.7. The van der Waals surface area contributed by atoms with Crippen LogP contribution in [0.25, 0.3) is 5.69 Å². The van der Waals surface area contributed by atoms with Crippen LogP contribution in [0.4, 0.5) is 0 Å². The van der Waals surface area contributed by atoms with Crippen LogP contribution >= 0.6 is 0 Å². The molecular formula is C9H7N2O. The van der Waals surface area contributed by atoms with Crippen molar-refractivity contribution in [3.05, 3.63) is 52.9 Å². The van der Waals surface area contributed by atoms with Gasteiger partial charge in [0, 0.05) is 6.20 Å². The minimum Gasteiger partial charge on any atom is -0.267 e. The van der Waals surface area contributed by atoms with Gasteiger partial charge in [0.1, 0.15) is 0 Å². The van der Waals surface area contributed by atoms with E-state index in [0.717, 1.165) is 5.69 Å². The molecule has 0 unspecified atom stereocenters. The molecule has 0 amide bonds. The van der Waals surface area contributed by atoms with Gasteiger partial charge in [0.15, 0.2) is 0 Å². The summed E-state index contributed by atoms with van der Waals surface area (Å²) in [6, 6.07) is 12.1. The summed E-state index contributed by atoms with van der Waals surface area (Å²) in [7, 11) is 0. The summed E-state index contributed by atoms with van der Waals surface area (Å²) in [5.41, 5.74) is 0.717. The Bertz CT molecular complexity index is 413. The molecule has 0 aliphatic heterocycles. The van der Waals surface area contributed by atoms with Crippen LogP contribution < -0.4 is 5.56 Å². The fraction of sp³-hybridized carbons (Fsp3) is 0. The Morgan fingerprint density at radius 1 is 1.25 bits per heavy atom. The molecule has 0 atom stereocenters. The quantitative estimate of drug-likeness (QED) is 0.661. The van der Waals surface area contributed by atoms with Crippen LogP contribution in [0.2, 0.25) is 0 Å². The maximum absolute atomic E-state index is 10.7. The van der Waals surface area contributed by atoms with E-state index in [2.05, 4.69) is 11.2 Å². The Kier molecular flexibility index (Phi) is 1.55.